The van der Waals surface area contributed by atoms with E-state index in [4.69, 9.17) is 0 Å². The van der Waals surface area contributed by atoms with Gasteiger partial charge in [0.05, 0.1) is 0 Å². The third-order valence-corrected chi connectivity index (χ3v) is 5.11. The van der Waals surface area contributed by atoms with E-state index in [2.05, 4.69) is 55.6 Å². The summed E-state index contributed by atoms with van der Waals surface area (Å²) in [6.07, 6.45) is 3.04. The lowest BCUT2D eigenvalue weighted by atomic mass is 10.1. The van der Waals surface area contributed by atoms with Crippen LogP contribution in [0.5, 0.6) is 0 Å². The number of hydrogen-bond acceptors (Lipinski definition) is 4. The quantitative estimate of drug-likeness (QED) is 0.910. The number of pyridine rings is 1. The second kappa shape index (κ2) is 6.24. The van der Waals surface area contributed by atoms with Crippen molar-refractivity contribution >= 4 is 33.1 Å². The number of nitrogens with one attached hydrogen (secondary N) is 1. The molecule has 0 radical (unpaired) electrons. The Morgan fingerprint density at radius 3 is 3.25 bits per heavy atom. The van der Waals surface area contributed by atoms with E-state index in [1.54, 1.807) is 4.88 Å². The van der Waals surface area contributed by atoms with Crippen molar-refractivity contribution in [2.75, 3.05) is 25.0 Å². The molecule has 0 aromatic carbocycles. The van der Waals surface area contributed by atoms with Crippen LogP contribution in [0.25, 0.3) is 0 Å². The molecule has 1 aliphatic heterocycles. The van der Waals surface area contributed by atoms with Crippen molar-refractivity contribution in [2.45, 2.75) is 19.9 Å². The van der Waals surface area contributed by atoms with Gasteiger partial charge in [-0.3, -0.25) is 4.90 Å². The third-order valence-electron chi connectivity index (χ3n) is 3.65. The van der Waals surface area contributed by atoms with E-state index in [0.717, 1.165) is 29.9 Å². The summed E-state index contributed by atoms with van der Waals surface area (Å²) >= 11 is 5.34. The molecule has 0 amide bonds. The second-order valence-corrected chi connectivity index (χ2v) is 7.06. The lowest BCUT2D eigenvalue weighted by molar-refractivity contribution is 0.266. The fraction of sp³-hybridized carbons (Fsp3) is 0.400. The van der Waals surface area contributed by atoms with Crippen LogP contribution in [0.3, 0.4) is 0 Å². The number of anilines is 1. The van der Waals surface area contributed by atoms with E-state index >= 15 is 0 Å². The minimum Gasteiger partial charge on any atom is -0.369 e. The standard InChI is InChI=1S/C15H18BrN3S/c1-11-8-13(16)9-18-15(11)17-4-6-19-5-2-14-12(10-19)3-7-20-14/h3,7-9H,2,4-6,10H2,1H3,(H,17,18). The highest BCUT2D eigenvalue weighted by molar-refractivity contribution is 9.10. The summed E-state index contributed by atoms with van der Waals surface area (Å²) in [4.78, 5) is 8.49. The first kappa shape index (κ1) is 14.0. The fourth-order valence-corrected chi connectivity index (χ4v) is 3.89. The van der Waals surface area contributed by atoms with Crippen molar-refractivity contribution in [3.05, 3.63) is 44.2 Å². The number of aryl methyl sites for hydroxylation is 1. The predicted molar refractivity (Wildman–Crippen MR) is 88.5 cm³/mol. The maximum atomic E-state index is 4.41. The van der Waals surface area contributed by atoms with Crippen LogP contribution in [0.15, 0.2) is 28.2 Å². The summed E-state index contributed by atoms with van der Waals surface area (Å²) in [5.41, 5.74) is 2.69. The average Bonchev–Trinajstić information content (AvgIpc) is 2.89. The minimum atomic E-state index is 0.939. The van der Waals surface area contributed by atoms with E-state index in [1.807, 2.05) is 17.5 Å². The summed E-state index contributed by atoms with van der Waals surface area (Å²) < 4.78 is 1.03. The molecule has 0 fully saturated rings. The summed E-state index contributed by atoms with van der Waals surface area (Å²) in [6.45, 7) is 6.34. The molecule has 106 valence electrons. The lowest BCUT2D eigenvalue weighted by Crippen LogP contribution is -2.33. The normalized spacial score (nSPS) is 15.1. The smallest absolute Gasteiger partial charge is 0.128 e. The van der Waals surface area contributed by atoms with Gasteiger partial charge in [-0.05, 0) is 57.9 Å². The molecule has 1 aliphatic rings. The Bertz CT molecular complexity index is 597. The monoisotopic (exact) mass is 351 g/mol. The van der Waals surface area contributed by atoms with E-state index in [-0.39, 0.29) is 0 Å². The van der Waals surface area contributed by atoms with Crippen molar-refractivity contribution in [3.8, 4) is 0 Å². The molecule has 3 nitrogen and oxygen atoms in total. The molecule has 1 N–H and O–H groups in total. The van der Waals surface area contributed by atoms with Crippen molar-refractivity contribution in [1.29, 1.82) is 0 Å². The summed E-state index contributed by atoms with van der Waals surface area (Å²) in [6, 6.07) is 4.36. The highest BCUT2D eigenvalue weighted by Crippen LogP contribution is 2.23. The van der Waals surface area contributed by atoms with Crippen molar-refractivity contribution in [1.82, 2.24) is 9.88 Å². The molecule has 0 spiro atoms. The summed E-state index contributed by atoms with van der Waals surface area (Å²) in [5.74, 6) is 0.987. The number of nitrogens with zero attached hydrogens (tertiary/aromatic N) is 2. The van der Waals surface area contributed by atoms with Crippen LogP contribution >= 0.6 is 27.3 Å². The first-order valence-electron chi connectivity index (χ1n) is 6.86. The second-order valence-electron chi connectivity index (χ2n) is 5.14. The van der Waals surface area contributed by atoms with E-state index < -0.39 is 0 Å². The molecule has 0 bridgehead atoms. The molecule has 0 aliphatic carbocycles. The van der Waals surface area contributed by atoms with Crippen molar-refractivity contribution in [2.24, 2.45) is 0 Å². The number of rotatable bonds is 4. The SMILES string of the molecule is Cc1cc(Br)cnc1NCCN1CCc2sccc2C1. The molecule has 0 saturated carbocycles. The van der Waals surface area contributed by atoms with Gasteiger partial charge in [-0.25, -0.2) is 4.98 Å². The zero-order valence-corrected chi connectivity index (χ0v) is 13.9. The fourth-order valence-electron chi connectivity index (χ4n) is 2.56. The maximum Gasteiger partial charge on any atom is 0.128 e. The van der Waals surface area contributed by atoms with Gasteiger partial charge in [0.2, 0.25) is 0 Å². The Morgan fingerprint density at radius 2 is 2.40 bits per heavy atom. The Labute approximate surface area is 132 Å². The van der Waals surface area contributed by atoms with E-state index in [0.29, 0.717) is 0 Å². The van der Waals surface area contributed by atoms with Gasteiger partial charge in [0.1, 0.15) is 5.82 Å². The molecule has 0 unspecified atom stereocenters. The van der Waals surface area contributed by atoms with Gasteiger partial charge in [-0.15, -0.1) is 11.3 Å². The molecule has 5 heteroatoms. The van der Waals surface area contributed by atoms with E-state index in [1.165, 1.54) is 24.1 Å². The third kappa shape index (κ3) is 3.22. The van der Waals surface area contributed by atoms with Gasteiger partial charge in [0, 0.05) is 41.7 Å². The highest BCUT2D eigenvalue weighted by Gasteiger charge is 2.16. The largest absolute Gasteiger partial charge is 0.369 e. The molecule has 2 aromatic rings. The van der Waals surface area contributed by atoms with Gasteiger partial charge < -0.3 is 5.32 Å². The number of halogens is 1. The maximum absolute atomic E-state index is 4.41. The van der Waals surface area contributed by atoms with Crippen LogP contribution in [-0.2, 0) is 13.0 Å². The topological polar surface area (TPSA) is 28.2 Å². The molecular formula is C15H18BrN3S. The molecule has 20 heavy (non-hydrogen) atoms. The number of fused-ring (bicyclic) bond motifs is 1. The number of aromatic nitrogens is 1. The Kier molecular flexibility index (Phi) is 4.38. The van der Waals surface area contributed by atoms with Crippen LogP contribution in [-0.4, -0.2) is 29.5 Å². The van der Waals surface area contributed by atoms with Gasteiger partial charge in [0.15, 0.2) is 0 Å². The lowest BCUT2D eigenvalue weighted by Gasteiger charge is -2.26. The van der Waals surface area contributed by atoms with Crippen LogP contribution in [0, 0.1) is 6.92 Å². The Hall–Kier alpha value is -0.910. The van der Waals surface area contributed by atoms with Crippen molar-refractivity contribution in [3.63, 3.8) is 0 Å². The zero-order chi connectivity index (χ0) is 13.9. The molecule has 0 saturated heterocycles. The summed E-state index contributed by atoms with van der Waals surface area (Å²) in [7, 11) is 0. The Morgan fingerprint density at radius 1 is 1.50 bits per heavy atom. The molecule has 3 rings (SSSR count). The molecular weight excluding hydrogens is 334 g/mol. The van der Waals surface area contributed by atoms with Gasteiger partial charge in [-0.2, -0.15) is 0 Å². The average molecular weight is 352 g/mol. The van der Waals surface area contributed by atoms with Gasteiger partial charge in [-0.1, -0.05) is 0 Å². The molecule has 0 atom stereocenters. The van der Waals surface area contributed by atoms with Crippen LogP contribution < -0.4 is 5.32 Å². The molecule has 3 heterocycles. The Balaban J connectivity index is 1.51. The minimum absolute atomic E-state index is 0.939. The van der Waals surface area contributed by atoms with Crippen LogP contribution in [0.4, 0.5) is 5.82 Å². The predicted octanol–water partition coefficient (Wildman–Crippen LogP) is 3.68. The van der Waals surface area contributed by atoms with Crippen LogP contribution in [0.1, 0.15) is 16.0 Å². The summed E-state index contributed by atoms with van der Waals surface area (Å²) in [5, 5.41) is 5.64. The zero-order valence-electron chi connectivity index (χ0n) is 11.5. The van der Waals surface area contributed by atoms with Gasteiger partial charge in [0.25, 0.3) is 0 Å². The van der Waals surface area contributed by atoms with E-state index in [9.17, 15) is 0 Å². The van der Waals surface area contributed by atoms with Gasteiger partial charge >= 0.3 is 0 Å². The first-order chi connectivity index (χ1) is 9.72. The number of hydrogen-bond donors (Lipinski definition) is 1. The highest BCUT2D eigenvalue weighted by atomic mass is 79.9. The van der Waals surface area contributed by atoms with Crippen molar-refractivity contribution < 1.29 is 0 Å². The molecule has 2 aromatic heterocycles. The first-order valence-corrected chi connectivity index (χ1v) is 8.53. The van der Waals surface area contributed by atoms with Crippen LogP contribution in [0.2, 0.25) is 0 Å². The number of thiophene rings is 1.